The Morgan fingerprint density at radius 3 is 2.70 bits per heavy atom. The standard InChI is InChI=1S/C31H44N8O3Si/c1-22-7-10-28(23-8-9-24-20-37(12-11-36(2)3)35-26(24)15-23)38(19-22)31(41)30(40)34-27-18-32-16-25-17-33-39(29(25)27)21-42-13-14-43(4,5)6/h8-9,15-18,20,22,28H,7,10-14,19,21H2,1-6H3,(H,34,40)/t22-,28+/m0/s1. The van der Waals surface area contributed by atoms with Crippen molar-refractivity contribution in [2.75, 3.05) is 39.1 Å². The molecule has 1 aliphatic rings. The number of amides is 2. The van der Waals surface area contributed by atoms with Crippen molar-refractivity contribution in [3.63, 3.8) is 0 Å². The van der Waals surface area contributed by atoms with Gasteiger partial charge in [-0.1, -0.05) is 38.7 Å². The Bertz CT molecular complexity index is 1590. The van der Waals surface area contributed by atoms with E-state index in [4.69, 9.17) is 9.84 Å². The second-order valence-electron chi connectivity index (χ2n) is 13.2. The summed E-state index contributed by atoms with van der Waals surface area (Å²) in [5, 5.41) is 13.9. The SMILES string of the molecule is C[C@H]1CC[C@H](c2ccc3cn(CCN(C)C)nc3c2)N(C(=O)C(=O)Nc2cncc3cnn(COCC[Si](C)(C)C)c23)C1. The molecular weight excluding hydrogens is 560 g/mol. The third-order valence-electron chi connectivity index (χ3n) is 8.01. The van der Waals surface area contributed by atoms with E-state index in [1.807, 2.05) is 18.8 Å². The minimum absolute atomic E-state index is 0.204. The number of nitrogens with zero attached hydrogens (tertiary/aromatic N) is 7. The first-order chi connectivity index (χ1) is 20.5. The number of anilines is 1. The van der Waals surface area contributed by atoms with Crippen molar-refractivity contribution < 1.29 is 14.3 Å². The van der Waals surface area contributed by atoms with Crippen LogP contribution in [0.25, 0.3) is 21.8 Å². The number of likely N-dealkylation sites (tertiary alicyclic amines) is 1. The van der Waals surface area contributed by atoms with Crippen LogP contribution in [0.4, 0.5) is 5.69 Å². The summed E-state index contributed by atoms with van der Waals surface area (Å²) >= 11 is 0. The van der Waals surface area contributed by atoms with Crippen LogP contribution in [-0.2, 0) is 27.6 Å². The van der Waals surface area contributed by atoms with Gasteiger partial charge in [0.05, 0.1) is 41.7 Å². The Morgan fingerprint density at radius 1 is 1.12 bits per heavy atom. The predicted octanol–water partition coefficient (Wildman–Crippen LogP) is 4.59. The van der Waals surface area contributed by atoms with Gasteiger partial charge in [-0.05, 0) is 50.5 Å². The van der Waals surface area contributed by atoms with Gasteiger partial charge in [0.15, 0.2) is 0 Å². The molecule has 1 fully saturated rings. The summed E-state index contributed by atoms with van der Waals surface area (Å²) in [6, 6.07) is 7.03. The minimum Gasteiger partial charge on any atom is -0.360 e. The minimum atomic E-state index is -1.22. The molecule has 4 aromatic rings. The summed E-state index contributed by atoms with van der Waals surface area (Å²) in [7, 11) is 2.87. The molecule has 1 saturated heterocycles. The van der Waals surface area contributed by atoms with Gasteiger partial charge in [0.2, 0.25) is 0 Å². The number of carbonyl (C=O) groups excluding carboxylic acids is 2. The molecule has 0 aliphatic carbocycles. The largest absolute Gasteiger partial charge is 0.360 e. The lowest BCUT2D eigenvalue weighted by molar-refractivity contribution is -0.146. The van der Waals surface area contributed by atoms with E-state index in [0.29, 0.717) is 30.3 Å². The molecule has 5 rings (SSSR count). The summed E-state index contributed by atoms with van der Waals surface area (Å²) in [5.41, 5.74) is 3.01. The average molecular weight is 605 g/mol. The number of fused-ring (bicyclic) bond motifs is 2. The lowest BCUT2D eigenvalue weighted by Gasteiger charge is -2.38. The zero-order valence-electron chi connectivity index (χ0n) is 26.2. The van der Waals surface area contributed by atoms with Crippen LogP contribution in [0, 0.1) is 5.92 Å². The maximum absolute atomic E-state index is 13.7. The van der Waals surface area contributed by atoms with Crippen molar-refractivity contribution in [2.45, 2.75) is 64.8 Å². The number of hydrogen-bond acceptors (Lipinski definition) is 7. The first-order valence-corrected chi connectivity index (χ1v) is 18.8. The first kappa shape index (κ1) is 30.8. The topological polar surface area (TPSA) is 110 Å². The molecule has 0 radical (unpaired) electrons. The number of nitrogens with one attached hydrogen (secondary N) is 1. The highest BCUT2D eigenvalue weighted by Crippen LogP contribution is 2.35. The van der Waals surface area contributed by atoms with E-state index in [1.165, 1.54) is 0 Å². The molecule has 1 N–H and O–H groups in total. The molecule has 12 heteroatoms. The van der Waals surface area contributed by atoms with Gasteiger partial charge in [0.25, 0.3) is 0 Å². The van der Waals surface area contributed by atoms with Crippen molar-refractivity contribution in [2.24, 2.45) is 5.92 Å². The van der Waals surface area contributed by atoms with Crippen LogP contribution in [0.3, 0.4) is 0 Å². The summed E-state index contributed by atoms with van der Waals surface area (Å²) in [5.74, 6) is -0.945. The normalized spacial score (nSPS) is 17.7. The fourth-order valence-electron chi connectivity index (χ4n) is 5.50. The summed E-state index contributed by atoms with van der Waals surface area (Å²) in [6.45, 7) is 12.2. The predicted molar refractivity (Wildman–Crippen MR) is 171 cm³/mol. The molecule has 0 saturated carbocycles. The van der Waals surface area contributed by atoms with Crippen LogP contribution in [0.1, 0.15) is 31.4 Å². The van der Waals surface area contributed by atoms with Crippen molar-refractivity contribution in [3.8, 4) is 0 Å². The molecule has 1 aliphatic heterocycles. The van der Waals surface area contributed by atoms with Crippen molar-refractivity contribution in [3.05, 3.63) is 48.5 Å². The van der Waals surface area contributed by atoms with Crippen LogP contribution >= 0.6 is 0 Å². The van der Waals surface area contributed by atoms with Crippen LogP contribution in [0.2, 0.25) is 25.7 Å². The maximum Gasteiger partial charge on any atom is 0.314 e. The Balaban J connectivity index is 1.33. The Hall–Kier alpha value is -3.61. The van der Waals surface area contributed by atoms with Gasteiger partial charge in [0.1, 0.15) is 6.73 Å². The molecule has 43 heavy (non-hydrogen) atoms. The Morgan fingerprint density at radius 2 is 1.93 bits per heavy atom. The summed E-state index contributed by atoms with van der Waals surface area (Å²) < 4.78 is 9.58. The average Bonchev–Trinajstić information content (AvgIpc) is 3.57. The number of pyridine rings is 1. The van der Waals surface area contributed by atoms with E-state index in [9.17, 15) is 9.59 Å². The van der Waals surface area contributed by atoms with Gasteiger partial charge in [0, 0.05) is 50.9 Å². The second-order valence-corrected chi connectivity index (χ2v) is 18.9. The number of benzene rings is 1. The van der Waals surface area contributed by atoms with E-state index in [-0.39, 0.29) is 12.8 Å². The third-order valence-corrected chi connectivity index (χ3v) is 9.71. The van der Waals surface area contributed by atoms with Gasteiger partial charge in [-0.15, -0.1) is 0 Å². The van der Waals surface area contributed by atoms with Gasteiger partial charge in [-0.25, -0.2) is 4.68 Å². The van der Waals surface area contributed by atoms with Gasteiger partial charge < -0.3 is 19.9 Å². The number of carbonyl (C=O) groups is 2. The number of ether oxygens (including phenoxy) is 1. The zero-order valence-corrected chi connectivity index (χ0v) is 27.2. The van der Waals surface area contributed by atoms with E-state index < -0.39 is 19.9 Å². The van der Waals surface area contributed by atoms with Gasteiger partial charge >= 0.3 is 11.8 Å². The number of piperidine rings is 1. The smallest absolute Gasteiger partial charge is 0.314 e. The molecule has 4 heterocycles. The fraction of sp³-hybridized carbons (Fsp3) is 0.516. The Labute approximate surface area is 254 Å². The molecule has 0 spiro atoms. The lowest BCUT2D eigenvalue weighted by atomic mass is 9.89. The zero-order chi connectivity index (χ0) is 30.7. The van der Waals surface area contributed by atoms with Gasteiger partial charge in [-0.2, -0.15) is 10.2 Å². The van der Waals surface area contributed by atoms with Gasteiger partial charge in [-0.3, -0.25) is 19.3 Å². The second kappa shape index (κ2) is 12.9. The first-order valence-electron chi connectivity index (χ1n) is 15.1. The van der Waals surface area contributed by atoms with Crippen LogP contribution < -0.4 is 5.32 Å². The molecule has 11 nitrogen and oxygen atoms in total. The third kappa shape index (κ3) is 7.49. The molecule has 0 bridgehead atoms. The molecule has 1 aromatic carbocycles. The summed E-state index contributed by atoms with van der Waals surface area (Å²) in [4.78, 5) is 35.3. The highest BCUT2D eigenvalue weighted by atomic mass is 28.3. The van der Waals surface area contributed by atoms with Crippen molar-refractivity contribution in [1.82, 2.24) is 34.3 Å². The molecular formula is C31H44N8O3Si. The molecule has 2 atom stereocenters. The maximum atomic E-state index is 13.7. The lowest BCUT2D eigenvalue weighted by Crippen LogP contribution is -2.46. The monoisotopic (exact) mass is 604 g/mol. The summed E-state index contributed by atoms with van der Waals surface area (Å²) in [6.07, 6.45) is 8.77. The highest BCUT2D eigenvalue weighted by Gasteiger charge is 2.34. The number of aromatic nitrogens is 5. The van der Waals surface area contributed by atoms with E-state index in [0.717, 1.165) is 53.8 Å². The van der Waals surface area contributed by atoms with Crippen molar-refractivity contribution >= 4 is 47.4 Å². The number of hydrogen-bond donors (Lipinski definition) is 1. The molecule has 3 aromatic heterocycles. The highest BCUT2D eigenvalue weighted by molar-refractivity contribution is 6.76. The fourth-order valence-corrected chi connectivity index (χ4v) is 6.26. The quantitative estimate of drug-likeness (QED) is 0.160. The molecule has 230 valence electrons. The number of rotatable bonds is 10. The van der Waals surface area contributed by atoms with Crippen LogP contribution in [0.15, 0.2) is 43.0 Å². The number of likely N-dealkylation sites (N-methyl/N-ethyl adjacent to an activating group) is 1. The van der Waals surface area contributed by atoms with Crippen LogP contribution in [0.5, 0.6) is 0 Å². The molecule has 0 unspecified atom stereocenters. The Kier molecular flexibility index (Phi) is 9.28. The van der Waals surface area contributed by atoms with E-state index in [2.05, 4.69) is 71.3 Å². The molecule has 2 amide bonds. The van der Waals surface area contributed by atoms with E-state index in [1.54, 1.807) is 28.2 Å². The van der Waals surface area contributed by atoms with E-state index >= 15 is 0 Å². The van der Waals surface area contributed by atoms with Crippen LogP contribution in [-0.4, -0.2) is 88.0 Å². The van der Waals surface area contributed by atoms with Crippen molar-refractivity contribution in [1.29, 1.82) is 0 Å².